The highest BCUT2D eigenvalue weighted by molar-refractivity contribution is 5.83. The van der Waals surface area contributed by atoms with Gasteiger partial charge in [0, 0.05) is 25.6 Å². The van der Waals surface area contributed by atoms with Crippen molar-refractivity contribution in [1.82, 2.24) is 4.90 Å². The zero-order valence-electron chi connectivity index (χ0n) is 12.0. The van der Waals surface area contributed by atoms with Crippen LogP contribution in [0.15, 0.2) is 30.3 Å². The van der Waals surface area contributed by atoms with Crippen LogP contribution < -0.4 is 0 Å². The van der Waals surface area contributed by atoms with Crippen LogP contribution in [0.25, 0.3) is 0 Å². The highest BCUT2D eigenvalue weighted by Gasteiger charge is 2.34. The molecule has 0 aromatic heterocycles. The van der Waals surface area contributed by atoms with Crippen LogP contribution in [-0.2, 0) is 9.53 Å². The standard InChI is InChI=1S/C16H23NO2/c1-12-9-14(11-19-3)10-17(12)16(18)13(2)15-7-5-4-6-8-15/h4-8,12-14H,9-11H2,1-3H3. The maximum absolute atomic E-state index is 12.6. The summed E-state index contributed by atoms with van der Waals surface area (Å²) < 4.78 is 5.21. The van der Waals surface area contributed by atoms with Crippen molar-refractivity contribution in [3.8, 4) is 0 Å². The summed E-state index contributed by atoms with van der Waals surface area (Å²) in [6, 6.07) is 10.3. The molecule has 1 amide bonds. The minimum atomic E-state index is -0.0649. The average molecular weight is 261 g/mol. The molecule has 0 radical (unpaired) electrons. The lowest BCUT2D eigenvalue weighted by atomic mass is 9.99. The van der Waals surface area contributed by atoms with Gasteiger partial charge in [-0.05, 0) is 25.8 Å². The van der Waals surface area contributed by atoms with E-state index in [1.165, 1.54) is 0 Å². The van der Waals surface area contributed by atoms with Crippen LogP contribution >= 0.6 is 0 Å². The first-order valence-corrected chi connectivity index (χ1v) is 6.97. The second kappa shape index (κ2) is 6.20. The van der Waals surface area contributed by atoms with E-state index >= 15 is 0 Å². The Balaban J connectivity index is 2.04. The van der Waals surface area contributed by atoms with E-state index in [9.17, 15) is 4.79 Å². The molecular weight excluding hydrogens is 238 g/mol. The molecule has 1 aliphatic rings. The number of nitrogens with zero attached hydrogens (tertiary/aromatic N) is 1. The zero-order valence-corrected chi connectivity index (χ0v) is 12.0. The van der Waals surface area contributed by atoms with Gasteiger partial charge in [-0.3, -0.25) is 4.79 Å². The molecule has 3 unspecified atom stereocenters. The van der Waals surface area contributed by atoms with Crippen molar-refractivity contribution in [2.75, 3.05) is 20.3 Å². The Bertz CT molecular complexity index is 418. The summed E-state index contributed by atoms with van der Waals surface area (Å²) >= 11 is 0. The summed E-state index contributed by atoms with van der Waals surface area (Å²) in [7, 11) is 1.72. The van der Waals surface area contributed by atoms with Crippen molar-refractivity contribution < 1.29 is 9.53 Å². The maximum Gasteiger partial charge on any atom is 0.230 e. The molecule has 3 heteroatoms. The van der Waals surface area contributed by atoms with Crippen LogP contribution in [0.3, 0.4) is 0 Å². The molecule has 19 heavy (non-hydrogen) atoms. The topological polar surface area (TPSA) is 29.5 Å². The molecule has 2 rings (SSSR count). The molecule has 1 heterocycles. The molecule has 104 valence electrons. The monoisotopic (exact) mass is 261 g/mol. The van der Waals surface area contributed by atoms with Crippen molar-refractivity contribution in [1.29, 1.82) is 0 Å². The maximum atomic E-state index is 12.6. The fourth-order valence-corrected chi connectivity index (χ4v) is 2.94. The summed E-state index contributed by atoms with van der Waals surface area (Å²) in [5.74, 6) is 0.647. The van der Waals surface area contributed by atoms with Crippen molar-refractivity contribution in [3.05, 3.63) is 35.9 Å². The Morgan fingerprint density at radius 2 is 2.11 bits per heavy atom. The van der Waals surface area contributed by atoms with Gasteiger partial charge < -0.3 is 9.64 Å². The second-order valence-electron chi connectivity index (χ2n) is 5.53. The molecule has 1 fully saturated rings. The van der Waals surface area contributed by atoms with E-state index in [4.69, 9.17) is 4.74 Å². The summed E-state index contributed by atoms with van der Waals surface area (Å²) in [6.45, 7) is 5.69. The van der Waals surface area contributed by atoms with E-state index in [0.29, 0.717) is 12.0 Å². The lowest BCUT2D eigenvalue weighted by molar-refractivity contribution is -0.133. The molecule has 0 saturated carbocycles. The van der Waals surface area contributed by atoms with Crippen molar-refractivity contribution in [2.45, 2.75) is 32.2 Å². The Morgan fingerprint density at radius 1 is 1.42 bits per heavy atom. The lowest BCUT2D eigenvalue weighted by Crippen LogP contribution is -2.37. The van der Waals surface area contributed by atoms with Gasteiger partial charge >= 0.3 is 0 Å². The molecule has 1 aliphatic heterocycles. The fraction of sp³-hybridized carbons (Fsp3) is 0.562. The molecule has 0 aliphatic carbocycles. The number of hydrogen-bond acceptors (Lipinski definition) is 2. The third kappa shape index (κ3) is 3.16. The number of likely N-dealkylation sites (tertiary alicyclic amines) is 1. The van der Waals surface area contributed by atoms with Gasteiger partial charge in [-0.15, -0.1) is 0 Å². The van der Waals surface area contributed by atoms with Gasteiger partial charge in [-0.1, -0.05) is 30.3 Å². The molecule has 1 aromatic rings. The van der Waals surface area contributed by atoms with E-state index in [1.54, 1.807) is 7.11 Å². The molecule has 0 bridgehead atoms. The molecule has 0 N–H and O–H groups in total. The Morgan fingerprint density at radius 3 is 2.74 bits per heavy atom. The number of carbonyl (C=O) groups excluding carboxylic acids is 1. The van der Waals surface area contributed by atoms with E-state index < -0.39 is 0 Å². The second-order valence-corrected chi connectivity index (χ2v) is 5.53. The normalized spacial score (nSPS) is 24.5. The summed E-state index contributed by atoms with van der Waals surface area (Å²) in [6.07, 6.45) is 1.04. The van der Waals surface area contributed by atoms with Gasteiger partial charge in [0.15, 0.2) is 0 Å². The average Bonchev–Trinajstić information content (AvgIpc) is 2.79. The minimum Gasteiger partial charge on any atom is -0.384 e. The van der Waals surface area contributed by atoms with E-state index in [1.807, 2.05) is 42.2 Å². The Kier molecular flexibility index (Phi) is 4.59. The number of rotatable bonds is 4. The molecule has 3 nitrogen and oxygen atoms in total. The van der Waals surface area contributed by atoms with Gasteiger partial charge in [-0.2, -0.15) is 0 Å². The molecule has 3 atom stereocenters. The van der Waals surface area contributed by atoms with Crippen molar-refractivity contribution in [3.63, 3.8) is 0 Å². The van der Waals surface area contributed by atoms with Gasteiger partial charge in [0.05, 0.1) is 12.5 Å². The zero-order chi connectivity index (χ0) is 13.8. The number of methoxy groups -OCH3 is 1. The van der Waals surface area contributed by atoms with E-state index in [0.717, 1.165) is 25.1 Å². The van der Waals surface area contributed by atoms with Crippen LogP contribution in [0.5, 0.6) is 0 Å². The molecular formula is C16H23NO2. The SMILES string of the molecule is COCC1CC(C)N(C(=O)C(C)c2ccccc2)C1. The summed E-state index contributed by atoms with van der Waals surface area (Å²) in [5.41, 5.74) is 1.09. The Labute approximate surface area is 115 Å². The Hall–Kier alpha value is -1.35. The minimum absolute atomic E-state index is 0.0649. The largest absolute Gasteiger partial charge is 0.384 e. The first-order valence-electron chi connectivity index (χ1n) is 6.97. The third-order valence-corrected chi connectivity index (χ3v) is 4.02. The molecule has 1 aromatic carbocycles. The number of benzene rings is 1. The van der Waals surface area contributed by atoms with Crippen LogP contribution in [-0.4, -0.2) is 37.1 Å². The highest BCUT2D eigenvalue weighted by atomic mass is 16.5. The van der Waals surface area contributed by atoms with Crippen LogP contribution in [0.1, 0.15) is 31.7 Å². The number of carbonyl (C=O) groups is 1. The van der Waals surface area contributed by atoms with Crippen molar-refractivity contribution >= 4 is 5.91 Å². The van der Waals surface area contributed by atoms with Gasteiger partial charge in [0.1, 0.15) is 0 Å². The fourth-order valence-electron chi connectivity index (χ4n) is 2.94. The third-order valence-electron chi connectivity index (χ3n) is 4.02. The van der Waals surface area contributed by atoms with Crippen LogP contribution in [0.2, 0.25) is 0 Å². The van der Waals surface area contributed by atoms with Gasteiger partial charge in [-0.25, -0.2) is 0 Å². The summed E-state index contributed by atoms with van der Waals surface area (Å²) in [4.78, 5) is 14.6. The predicted octanol–water partition coefficient (Wildman–Crippen LogP) is 2.67. The van der Waals surface area contributed by atoms with E-state index in [-0.39, 0.29) is 11.8 Å². The smallest absolute Gasteiger partial charge is 0.230 e. The number of amides is 1. The number of hydrogen-bond donors (Lipinski definition) is 0. The lowest BCUT2D eigenvalue weighted by Gasteiger charge is -2.25. The summed E-state index contributed by atoms with van der Waals surface area (Å²) in [5, 5.41) is 0. The molecule has 1 saturated heterocycles. The van der Waals surface area contributed by atoms with Crippen LogP contribution in [0, 0.1) is 5.92 Å². The van der Waals surface area contributed by atoms with Crippen molar-refractivity contribution in [2.24, 2.45) is 5.92 Å². The quantitative estimate of drug-likeness (QED) is 0.834. The first kappa shape index (κ1) is 14.1. The van der Waals surface area contributed by atoms with Gasteiger partial charge in [0.25, 0.3) is 0 Å². The molecule has 0 spiro atoms. The highest BCUT2D eigenvalue weighted by Crippen LogP contribution is 2.27. The van der Waals surface area contributed by atoms with Crippen LogP contribution in [0.4, 0.5) is 0 Å². The van der Waals surface area contributed by atoms with E-state index in [2.05, 4.69) is 6.92 Å². The number of ether oxygens (including phenoxy) is 1. The first-order chi connectivity index (χ1) is 9.13. The van der Waals surface area contributed by atoms with Gasteiger partial charge in [0.2, 0.25) is 5.91 Å². The predicted molar refractivity (Wildman–Crippen MR) is 76.0 cm³/mol.